The first-order valence-corrected chi connectivity index (χ1v) is 15.1. The summed E-state index contributed by atoms with van der Waals surface area (Å²) < 4.78 is 0. The molecule has 2 aromatic heterocycles. The minimum absolute atomic E-state index is 0.0265. The molecule has 8 nitrogen and oxygen atoms in total. The molecule has 0 spiro atoms. The lowest BCUT2D eigenvalue weighted by Crippen LogP contribution is -2.38. The predicted molar refractivity (Wildman–Crippen MR) is 172 cm³/mol. The summed E-state index contributed by atoms with van der Waals surface area (Å²) in [6.45, 7) is 12.1. The van der Waals surface area contributed by atoms with E-state index in [1.54, 1.807) is 6.33 Å². The van der Waals surface area contributed by atoms with E-state index in [-0.39, 0.29) is 6.42 Å². The molecule has 4 aromatic rings. The molecule has 0 radical (unpaired) electrons. The van der Waals surface area contributed by atoms with Crippen LogP contribution < -0.4 is 15.1 Å². The minimum atomic E-state index is -0.823. The highest BCUT2D eigenvalue weighted by Gasteiger charge is 2.30. The van der Waals surface area contributed by atoms with Gasteiger partial charge in [-0.3, -0.25) is 9.78 Å². The molecule has 4 heterocycles. The third-order valence-electron chi connectivity index (χ3n) is 8.95. The third kappa shape index (κ3) is 6.19. The number of para-hydroxylation sites is 1. The number of aromatic nitrogens is 3. The number of rotatable bonds is 7. The Balaban J connectivity index is 1.31. The number of nitrogens with zero attached hydrogens (tertiary/aromatic N) is 5. The normalized spacial score (nSPS) is 16.1. The number of hydrogen-bond donors (Lipinski definition) is 2. The summed E-state index contributed by atoms with van der Waals surface area (Å²) in [4.78, 5) is 30.6. The lowest BCUT2D eigenvalue weighted by Gasteiger charge is -2.40. The number of pyridine rings is 1. The first-order valence-electron chi connectivity index (χ1n) is 15.1. The Morgan fingerprint density at radius 1 is 0.930 bits per heavy atom. The van der Waals surface area contributed by atoms with Gasteiger partial charge in [-0.1, -0.05) is 50.2 Å². The molecule has 0 atom stereocenters. The SMILES string of the molecule is Cc1nc(C)c(-c2ccc3c(c2)CCN(c2cc(Nc4ccccc4)ncn2)C3)c(N2CCC(C)(C)CC2)c1CC(=O)O. The maximum Gasteiger partial charge on any atom is 0.307 e. The number of fused-ring (bicyclic) bond motifs is 1. The molecule has 8 heteroatoms. The molecule has 1 saturated heterocycles. The Bertz CT molecular complexity index is 1640. The van der Waals surface area contributed by atoms with Crippen LogP contribution in [0.3, 0.4) is 0 Å². The van der Waals surface area contributed by atoms with Gasteiger partial charge in [-0.15, -0.1) is 0 Å². The van der Waals surface area contributed by atoms with Crippen LogP contribution in [0.15, 0.2) is 60.9 Å². The molecule has 0 amide bonds. The molecule has 0 saturated carbocycles. The van der Waals surface area contributed by atoms with Crippen LogP contribution in [0.4, 0.5) is 23.0 Å². The summed E-state index contributed by atoms with van der Waals surface area (Å²) in [5.74, 6) is 0.844. The van der Waals surface area contributed by atoms with Crippen molar-refractivity contribution in [1.29, 1.82) is 0 Å². The summed E-state index contributed by atoms with van der Waals surface area (Å²) in [6.07, 6.45) is 4.63. The highest BCUT2D eigenvalue weighted by atomic mass is 16.4. The Morgan fingerprint density at radius 2 is 1.70 bits per heavy atom. The first-order chi connectivity index (χ1) is 20.7. The number of carboxylic acids is 1. The molecule has 2 aliphatic heterocycles. The first kappa shape index (κ1) is 28.6. The van der Waals surface area contributed by atoms with Crippen LogP contribution in [0.1, 0.15) is 54.8 Å². The van der Waals surface area contributed by atoms with Gasteiger partial charge in [0.15, 0.2) is 0 Å². The zero-order valence-corrected chi connectivity index (χ0v) is 25.5. The van der Waals surface area contributed by atoms with E-state index in [9.17, 15) is 9.90 Å². The number of hydrogen-bond acceptors (Lipinski definition) is 7. The van der Waals surface area contributed by atoms with Gasteiger partial charge in [0.25, 0.3) is 0 Å². The van der Waals surface area contributed by atoms with Gasteiger partial charge in [-0.05, 0) is 67.3 Å². The molecule has 222 valence electrons. The van der Waals surface area contributed by atoms with Gasteiger partial charge in [-0.2, -0.15) is 0 Å². The Labute approximate surface area is 253 Å². The van der Waals surface area contributed by atoms with E-state index < -0.39 is 5.97 Å². The fourth-order valence-corrected chi connectivity index (χ4v) is 6.42. The van der Waals surface area contributed by atoms with Crippen LogP contribution in [-0.4, -0.2) is 45.7 Å². The van der Waals surface area contributed by atoms with Crippen LogP contribution in [0, 0.1) is 19.3 Å². The molecule has 2 N–H and O–H groups in total. The number of nitrogens with one attached hydrogen (secondary N) is 1. The molecular weight excluding hydrogens is 536 g/mol. The molecule has 6 rings (SSSR count). The number of aliphatic carboxylic acids is 1. The quantitative estimate of drug-likeness (QED) is 0.251. The Morgan fingerprint density at radius 3 is 2.44 bits per heavy atom. The van der Waals surface area contributed by atoms with Crippen molar-refractivity contribution in [2.45, 2.75) is 59.9 Å². The highest BCUT2D eigenvalue weighted by molar-refractivity contribution is 5.86. The molecule has 2 aliphatic rings. The average molecular weight is 577 g/mol. The summed E-state index contributed by atoms with van der Waals surface area (Å²) >= 11 is 0. The fourth-order valence-electron chi connectivity index (χ4n) is 6.42. The molecule has 0 aliphatic carbocycles. The van der Waals surface area contributed by atoms with Crippen LogP contribution >= 0.6 is 0 Å². The number of carbonyl (C=O) groups is 1. The number of anilines is 4. The second-order valence-corrected chi connectivity index (χ2v) is 12.6. The Hall–Kier alpha value is -4.46. The van der Waals surface area contributed by atoms with Crippen molar-refractivity contribution in [3.05, 3.63) is 89.0 Å². The summed E-state index contributed by atoms with van der Waals surface area (Å²) in [7, 11) is 0. The lowest BCUT2D eigenvalue weighted by atomic mass is 9.82. The topological polar surface area (TPSA) is 94.5 Å². The van der Waals surface area contributed by atoms with Crippen molar-refractivity contribution in [2.24, 2.45) is 5.41 Å². The zero-order chi connectivity index (χ0) is 30.1. The van der Waals surface area contributed by atoms with E-state index in [1.165, 1.54) is 11.1 Å². The maximum atomic E-state index is 12.0. The van der Waals surface area contributed by atoms with E-state index >= 15 is 0 Å². The van der Waals surface area contributed by atoms with Crippen molar-refractivity contribution in [1.82, 2.24) is 15.0 Å². The summed E-state index contributed by atoms with van der Waals surface area (Å²) in [6, 6.07) is 18.7. The monoisotopic (exact) mass is 576 g/mol. The second-order valence-electron chi connectivity index (χ2n) is 12.6. The van der Waals surface area contributed by atoms with E-state index in [0.29, 0.717) is 5.41 Å². The van der Waals surface area contributed by atoms with Gasteiger partial charge >= 0.3 is 5.97 Å². The van der Waals surface area contributed by atoms with E-state index in [0.717, 1.165) is 96.5 Å². The van der Waals surface area contributed by atoms with E-state index in [2.05, 4.69) is 64.1 Å². The molecule has 2 aromatic carbocycles. The number of carboxylic acid groups (broad SMARTS) is 1. The molecule has 43 heavy (non-hydrogen) atoms. The molecule has 1 fully saturated rings. The van der Waals surface area contributed by atoms with Gasteiger partial charge < -0.3 is 20.2 Å². The highest BCUT2D eigenvalue weighted by Crippen LogP contribution is 2.42. The van der Waals surface area contributed by atoms with Gasteiger partial charge in [0.1, 0.15) is 18.0 Å². The molecular formula is C35H40N6O2. The second kappa shape index (κ2) is 11.7. The van der Waals surface area contributed by atoms with Gasteiger partial charge in [0.05, 0.1) is 12.1 Å². The smallest absolute Gasteiger partial charge is 0.307 e. The number of aryl methyl sites for hydroxylation is 2. The van der Waals surface area contributed by atoms with Crippen LogP contribution in [0.5, 0.6) is 0 Å². The van der Waals surface area contributed by atoms with Gasteiger partial charge in [0.2, 0.25) is 0 Å². The van der Waals surface area contributed by atoms with E-state index in [4.69, 9.17) is 4.98 Å². The Kier molecular flexibility index (Phi) is 7.77. The average Bonchev–Trinajstić information content (AvgIpc) is 2.98. The zero-order valence-electron chi connectivity index (χ0n) is 25.5. The van der Waals surface area contributed by atoms with E-state index in [1.807, 2.05) is 43.3 Å². The standard InChI is InChI=1S/C35H40N6O2/c1-23-29(19-32(42)43)34(40-16-13-35(3,4)14-17-40)33(24(2)38-23)26-10-11-27-21-41(15-12-25(27)18-26)31-20-30(36-22-37-31)39-28-8-6-5-7-9-28/h5-11,18,20,22H,12-17,19,21H2,1-4H3,(H,42,43)(H,36,37,39). The molecule has 0 bridgehead atoms. The maximum absolute atomic E-state index is 12.0. The molecule has 0 unspecified atom stereocenters. The number of benzene rings is 2. The summed E-state index contributed by atoms with van der Waals surface area (Å²) in [5, 5.41) is 13.2. The van der Waals surface area contributed by atoms with Crippen LogP contribution in [0.2, 0.25) is 0 Å². The fraction of sp³-hybridized carbons (Fsp3) is 0.371. The van der Waals surface area contributed by atoms with Gasteiger partial charge in [-0.25, -0.2) is 9.97 Å². The minimum Gasteiger partial charge on any atom is -0.481 e. The largest absolute Gasteiger partial charge is 0.481 e. The van der Waals surface area contributed by atoms with Crippen LogP contribution in [-0.2, 0) is 24.2 Å². The van der Waals surface area contributed by atoms with Crippen molar-refractivity contribution < 1.29 is 9.90 Å². The summed E-state index contributed by atoms with van der Waals surface area (Å²) in [5.41, 5.74) is 9.70. The lowest BCUT2D eigenvalue weighted by molar-refractivity contribution is -0.136. The predicted octanol–water partition coefficient (Wildman–Crippen LogP) is 6.72. The number of piperidine rings is 1. The van der Waals surface area contributed by atoms with Crippen molar-refractivity contribution in [3.8, 4) is 11.1 Å². The van der Waals surface area contributed by atoms with Crippen molar-refractivity contribution in [3.63, 3.8) is 0 Å². The van der Waals surface area contributed by atoms with Gasteiger partial charge in [0, 0.05) is 60.4 Å². The van der Waals surface area contributed by atoms with Crippen LogP contribution in [0.25, 0.3) is 11.1 Å². The van der Waals surface area contributed by atoms with Crippen molar-refractivity contribution >= 4 is 29.0 Å². The van der Waals surface area contributed by atoms with Crippen molar-refractivity contribution in [2.75, 3.05) is 34.8 Å². The third-order valence-corrected chi connectivity index (χ3v) is 8.95.